The van der Waals surface area contributed by atoms with Crippen LogP contribution in [0.25, 0.3) is 0 Å². The van der Waals surface area contributed by atoms with Gasteiger partial charge in [-0.25, -0.2) is 9.97 Å². The molecule has 1 fully saturated rings. The summed E-state index contributed by atoms with van der Waals surface area (Å²) < 4.78 is 5.39. The number of ether oxygens (including phenoxy) is 1. The van der Waals surface area contributed by atoms with Crippen LogP contribution in [0.1, 0.15) is 52.4 Å². The number of nitrogens with zero attached hydrogens (tertiary/aromatic N) is 2. The maximum Gasteiger partial charge on any atom is 0.274 e. The molecule has 1 aromatic heterocycles. The zero-order chi connectivity index (χ0) is 20.9. The molecule has 0 spiro atoms. The van der Waals surface area contributed by atoms with Gasteiger partial charge in [-0.15, -0.1) is 0 Å². The largest absolute Gasteiger partial charge is 0.494 e. The lowest BCUT2D eigenvalue weighted by molar-refractivity contribution is 0.101. The Kier molecular flexibility index (Phi) is 5.70. The van der Waals surface area contributed by atoms with E-state index in [1.54, 1.807) is 60.8 Å². The predicted molar refractivity (Wildman–Crippen MR) is 114 cm³/mol. The van der Waals surface area contributed by atoms with Gasteiger partial charge < -0.3 is 15.4 Å². The smallest absolute Gasteiger partial charge is 0.274 e. The lowest BCUT2D eigenvalue weighted by Gasteiger charge is -2.09. The zero-order valence-corrected chi connectivity index (χ0v) is 16.6. The average molecular weight is 402 g/mol. The standard InChI is InChI=1S/C23H22N4O3/c1-2-30-19-11-9-18(10-12-19)25-22(28)16-5-7-17(8-6-16)26-23(29)20-13-14-24-21(27-20)15-3-4-15/h5-15H,2-4H2,1H3,(H,25,28)(H,26,29). The molecule has 3 aromatic rings. The molecule has 2 aromatic carbocycles. The first-order chi connectivity index (χ1) is 14.6. The number of aromatic nitrogens is 2. The van der Waals surface area contributed by atoms with E-state index in [2.05, 4.69) is 20.6 Å². The van der Waals surface area contributed by atoms with E-state index in [4.69, 9.17) is 4.74 Å². The SMILES string of the molecule is CCOc1ccc(NC(=O)c2ccc(NC(=O)c3ccnc(C4CC4)n3)cc2)cc1. The molecule has 30 heavy (non-hydrogen) atoms. The van der Waals surface area contributed by atoms with Crippen molar-refractivity contribution in [3.05, 3.63) is 77.9 Å². The molecule has 0 radical (unpaired) electrons. The highest BCUT2D eigenvalue weighted by molar-refractivity contribution is 6.05. The molecule has 152 valence electrons. The average Bonchev–Trinajstić information content (AvgIpc) is 3.61. The number of amides is 2. The summed E-state index contributed by atoms with van der Waals surface area (Å²) in [5.41, 5.74) is 2.09. The Hall–Kier alpha value is -3.74. The van der Waals surface area contributed by atoms with Crippen molar-refractivity contribution in [3.63, 3.8) is 0 Å². The fraction of sp³-hybridized carbons (Fsp3) is 0.217. The fourth-order valence-corrected chi connectivity index (χ4v) is 2.94. The molecule has 1 heterocycles. The summed E-state index contributed by atoms with van der Waals surface area (Å²) in [4.78, 5) is 33.5. The van der Waals surface area contributed by atoms with Crippen LogP contribution in [0.5, 0.6) is 5.75 Å². The molecule has 7 heteroatoms. The van der Waals surface area contributed by atoms with Gasteiger partial charge in [0, 0.05) is 29.1 Å². The lowest BCUT2D eigenvalue weighted by atomic mass is 10.2. The summed E-state index contributed by atoms with van der Waals surface area (Å²) in [5.74, 6) is 1.33. The molecule has 2 amide bonds. The summed E-state index contributed by atoms with van der Waals surface area (Å²) in [6, 6.07) is 15.5. The minimum absolute atomic E-state index is 0.234. The van der Waals surface area contributed by atoms with Crippen molar-refractivity contribution >= 4 is 23.2 Å². The van der Waals surface area contributed by atoms with Gasteiger partial charge in [0.25, 0.3) is 11.8 Å². The Morgan fingerprint density at radius 3 is 2.20 bits per heavy atom. The topological polar surface area (TPSA) is 93.2 Å². The first-order valence-corrected chi connectivity index (χ1v) is 9.91. The molecule has 0 bridgehead atoms. The normalized spacial score (nSPS) is 12.8. The molecule has 2 N–H and O–H groups in total. The minimum atomic E-state index is -0.300. The Bertz CT molecular complexity index is 1040. The van der Waals surface area contributed by atoms with E-state index >= 15 is 0 Å². The number of nitrogens with one attached hydrogen (secondary N) is 2. The van der Waals surface area contributed by atoms with Crippen molar-refractivity contribution in [2.45, 2.75) is 25.7 Å². The fourth-order valence-electron chi connectivity index (χ4n) is 2.94. The Balaban J connectivity index is 1.36. The van der Waals surface area contributed by atoms with E-state index < -0.39 is 0 Å². The highest BCUT2D eigenvalue weighted by atomic mass is 16.5. The van der Waals surface area contributed by atoms with Crippen LogP contribution >= 0.6 is 0 Å². The second-order valence-electron chi connectivity index (χ2n) is 7.02. The molecule has 1 saturated carbocycles. The minimum Gasteiger partial charge on any atom is -0.494 e. The van der Waals surface area contributed by atoms with Crippen molar-refractivity contribution in [2.75, 3.05) is 17.2 Å². The quantitative estimate of drug-likeness (QED) is 0.616. The number of hydrogen-bond donors (Lipinski definition) is 2. The third kappa shape index (κ3) is 4.81. The van der Waals surface area contributed by atoms with Crippen molar-refractivity contribution in [1.29, 1.82) is 0 Å². The number of hydrogen-bond acceptors (Lipinski definition) is 5. The highest BCUT2D eigenvalue weighted by Gasteiger charge is 2.27. The van der Waals surface area contributed by atoms with Gasteiger partial charge in [-0.1, -0.05) is 0 Å². The molecular formula is C23H22N4O3. The Morgan fingerprint density at radius 2 is 1.57 bits per heavy atom. The maximum atomic E-state index is 12.5. The van der Waals surface area contributed by atoms with Crippen LogP contribution in [-0.2, 0) is 0 Å². The Labute approximate surface area is 174 Å². The van der Waals surface area contributed by atoms with E-state index in [9.17, 15) is 9.59 Å². The number of benzene rings is 2. The molecule has 0 aliphatic heterocycles. The van der Waals surface area contributed by atoms with Crippen LogP contribution < -0.4 is 15.4 Å². The van der Waals surface area contributed by atoms with E-state index in [-0.39, 0.29) is 11.8 Å². The van der Waals surface area contributed by atoms with Crippen LogP contribution in [-0.4, -0.2) is 28.4 Å². The van der Waals surface area contributed by atoms with Crippen LogP contribution in [0.15, 0.2) is 60.8 Å². The van der Waals surface area contributed by atoms with E-state index in [0.717, 1.165) is 24.4 Å². The van der Waals surface area contributed by atoms with E-state index in [1.807, 2.05) is 6.92 Å². The second-order valence-corrected chi connectivity index (χ2v) is 7.02. The summed E-state index contributed by atoms with van der Waals surface area (Å²) in [6.45, 7) is 2.51. The number of anilines is 2. The summed E-state index contributed by atoms with van der Waals surface area (Å²) in [5, 5.41) is 5.64. The van der Waals surface area contributed by atoms with Gasteiger partial charge in [0.2, 0.25) is 0 Å². The van der Waals surface area contributed by atoms with Gasteiger partial charge in [-0.2, -0.15) is 0 Å². The molecule has 0 atom stereocenters. The molecule has 0 unspecified atom stereocenters. The van der Waals surface area contributed by atoms with Crippen LogP contribution in [0.2, 0.25) is 0 Å². The number of carbonyl (C=O) groups is 2. The summed E-state index contributed by atoms with van der Waals surface area (Å²) in [6.07, 6.45) is 3.76. The molecule has 4 rings (SSSR count). The predicted octanol–water partition coefficient (Wildman–Crippen LogP) is 4.26. The van der Waals surface area contributed by atoms with Crippen LogP contribution in [0.3, 0.4) is 0 Å². The van der Waals surface area contributed by atoms with Gasteiger partial charge in [-0.05, 0) is 74.4 Å². The second kappa shape index (κ2) is 8.73. The van der Waals surface area contributed by atoms with Crippen molar-refractivity contribution in [1.82, 2.24) is 9.97 Å². The molecular weight excluding hydrogens is 380 g/mol. The molecule has 7 nitrogen and oxygen atoms in total. The van der Waals surface area contributed by atoms with Crippen molar-refractivity contribution < 1.29 is 14.3 Å². The van der Waals surface area contributed by atoms with Crippen molar-refractivity contribution in [2.24, 2.45) is 0 Å². The summed E-state index contributed by atoms with van der Waals surface area (Å²) in [7, 11) is 0. The van der Waals surface area contributed by atoms with Crippen molar-refractivity contribution in [3.8, 4) is 5.75 Å². The van der Waals surface area contributed by atoms with Gasteiger partial charge in [0.15, 0.2) is 0 Å². The molecule has 0 saturated heterocycles. The third-order valence-corrected chi connectivity index (χ3v) is 4.68. The van der Waals surface area contributed by atoms with Gasteiger partial charge in [0.05, 0.1) is 6.61 Å². The number of rotatable bonds is 7. The number of carbonyl (C=O) groups excluding carboxylic acids is 2. The monoisotopic (exact) mass is 402 g/mol. The van der Waals surface area contributed by atoms with Gasteiger partial charge in [0.1, 0.15) is 17.3 Å². The third-order valence-electron chi connectivity index (χ3n) is 4.68. The van der Waals surface area contributed by atoms with E-state index in [1.165, 1.54) is 0 Å². The summed E-state index contributed by atoms with van der Waals surface area (Å²) >= 11 is 0. The van der Waals surface area contributed by atoms with Crippen LogP contribution in [0, 0.1) is 0 Å². The van der Waals surface area contributed by atoms with Crippen LogP contribution in [0.4, 0.5) is 11.4 Å². The molecule has 1 aliphatic carbocycles. The first kappa shape index (κ1) is 19.6. The lowest BCUT2D eigenvalue weighted by Crippen LogP contribution is -2.15. The zero-order valence-electron chi connectivity index (χ0n) is 16.6. The highest BCUT2D eigenvalue weighted by Crippen LogP contribution is 2.37. The van der Waals surface area contributed by atoms with E-state index in [0.29, 0.717) is 35.2 Å². The Morgan fingerprint density at radius 1 is 0.933 bits per heavy atom. The first-order valence-electron chi connectivity index (χ1n) is 9.91. The molecule has 1 aliphatic rings. The van der Waals surface area contributed by atoms with Gasteiger partial charge >= 0.3 is 0 Å². The maximum absolute atomic E-state index is 12.5. The van der Waals surface area contributed by atoms with Gasteiger partial charge in [-0.3, -0.25) is 9.59 Å².